The fourth-order valence-electron chi connectivity index (χ4n) is 3.17. The van der Waals surface area contributed by atoms with Crippen molar-refractivity contribution in [3.63, 3.8) is 0 Å². The Hall–Kier alpha value is -1.75. The number of phenolic OH excluding ortho intramolecular Hbond substituents is 1. The lowest BCUT2D eigenvalue weighted by Gasteiger charge is -2.28. The lowest BCUT2D eigenvalue weighted by molar-refractivity contribution is -0.144. The molecule has 1 aromatic rings. The summed E-state index contributed by atoms with van der Waals surface area (Å²) in [6, 6.07) is 4.56. The van der Waals surface area contributed by atoms with E-state index in [2.05, 4.69) is 0 Å². The second kappa shape index (κ2) is 4.42. The average molecular weight is 263 g/mol. The van der Waals surface area contributed by atoms with Gasteiger partial charge in [0.2, 0.25) is 0 Å². The molecule has 5 heteroatoms. The molecule has 0 amide bonds. The molecule has 1 fully saturated rings. The molecule has 5 nitrogen and oxygen atoms in total. The van der Waals surface area contributed by atoms with Crippen LogP contribution in [0.3, 0.4) is 0 Å². The molecule has 19 heavy (non-hydrogen) atoms. The SMILES string of the molecule is CC1CCN(C2COc3cc(O)ccc32)C1C(=O)O. The molecule has 2 N–H and O–H groups in total. The fraction of sp³-hybridized carbons (Fsp3) is 0.500. The van der Waals surface area contributed by atoms with E-state index in [0.717, 1.165) is 18.5 Å². The van der Waals surface area contributed by atoms with Gasteiger partial charge in [-0.1, -0.05) is 6.92 Å². The monoisotopic (exact) mass is 263 g/mol. The van der Waals surface area contributed by atoms with Crippen molar-refractivity contribution in [1.29, 1.82) is 0 Å². The lowest BCUT2D eigenvalue weighted by atomic mass is 10.0. The number of carbonyl (C=O) groups is 1. The van der Waals surface area contributed by atoms with E-state index in [-0.39, 0.29) is 17.7 Å². The van der Waals surface area contributed by atoms with Crippen LogP contribution in [0.2, 0.25) is 0 Å². The summed E-state index contributed by atoms with van der Waals surface area (Å²) in [6.45, 7) is 3.20. The number of fused-ring (bicyclic) bond motifs is 1. The van der Waals surface area contributed by atoms with E-state index in [0.29, 0.717) is 12.4 Å². The van der Waals surface area contributed by atoms with Gasteiger partial charge in [-0.15, -0.1) is 0 Å². The zero-order valence-corrected chi connectivity index (χ0v) is 10.7. The van der Waals surface area contributed by atoms with Crippen molar-refractivity contribution in [2.75, 3.05) is 13.2 Å². The van der Waals surface area contributed by atoms with Crippen molar-refractivity contribution in [3.05, 3.63) is 23.8 Å². The molecular formula is C14H17NO4. The van der Waals surface area contributed by atoms with Gasteiger partial charge in [0.05, 0.1) is 6.04 Å². The Kier molecular flexibility index (Phi) is 2.86. The van der Waals surface area contributed by atoms with Gasteiger partial charge in [0, 0.05) is 18.2 Å². The molecular weight excluding hydrogens is 246 g/mol. The molecule has 0 saturated carbocycles. The largest absolute Gasteiger partial charge is 0.508 e. The van der Waals surface area contributed by atoms with Crippen molar-refractivity contribution in [2.24, 2.45) is 5.92 Å². The summed E-state index contributed by atoms with van der Waals surface area (Å²) in [5.74, 6) is 0.216. The van der Waals surface area contributed by atoms with Gasteiger partial charge in [-0.05, 0) is 24.5 Å². The van der Waals surface area contributed by atoms with Gasteiger partial charge in [-0.25, -0.2) is 0 Å². The Morgan fingerprint density at radius 2 is 2.26 bits per heavy atom. The van der Waals surface area contributed by atoms with Crippen LogP contribution in [0.15, 0.2) is 18.2 Å². The smallest absolute Gasteiger partial charge is 0.321 e. The molecule has 3 rings (SSSR count). The predicted molar refractivity (Wildman–Crippen MR) is 68.3 cm³/mol. The van der Waals surface area contributed by atoms with Gasteiger partial charge >= 0.3 is 5.97 Å². The molecule has 1 saturated heterocycles. The van der Waals surface area contributed by atoms with Crippen LogP contribution in [-0.2, 0) is 4.79 Å². The van der Waals surface area contributed by atoms with Crippen LogP contribution >= 0.6 is 0 Å². The normalized spacial score (nSPS) is 30.1. The van der Waals surface area contributed by atoms with E-state index < -0.39 is 12.0 Å². The first-order chi connectivity index (χ1) is 9.08. The summed E-state index contributed by atoms with van der Waals surface area (Å²) in [5.41, 5.74) is 0.971. The van der Waals surface area contributed by atoms with E-state index >= 15 is 0 Å². The Balaban J connectivity index is 1.91. The minimum Gasteiger partial charge on any atom is -0.508 e. The number of aliphatic carboxylic acids is 1. The molecule has 0 bridgehead atoms. The number of carboxylic acids is 1. The zero-order valence-electron chi connectivity index (χ0n) is 10.7. The number of benzene rings is 1. The highest BCUT2D eigenvalue weighted by Crippen LogP contribution is 2.42. The highest BCUT2D eigenvalue weighted by Gasteiger charge is 2.43. The molecule has 2 aliphatic heterocycles. The van der Waals surface area contributed by atoms with E-state index in [9.17, 15) is 15.0 Å². The van der Waals surface area contributed by atoms with Gasteiger partial charge in [0.25, 0.3) is 0 Å². The number of ether oxygens (including phenoxy) is 1. The third kappa shape index (κ3) is 1.94. The topological polar surface area (TPSA) is 70.0 Å². The highest BCUT2D eigenvalue weighted by molar-refractivity contribution is 5.74. The number of carboxylic acid groups (broad SMARTS) is 1. The molecule has 0 aromatic heterocycles. The maximum atomic E-state index is 11.4. The first kappa shape index (κ1) is 12.3. The quantitative estimate of drug-likeness (QED) is 0.848. The number of phenols is 1. The van der Waals surface area contributed by atoms with E-state index in [1.54, 1.807) is 12.1 Å². The molecule has 3 atom stereocenters. The van der Waals surface area contributed by atoms with Gasteiger partial charge in [-0.3, -0.25) is 9.69 Å². The minimum absolute atomic E-state index is 0.0263. The van der Waals surface area contributed by atoms with Crippen molar-refractivity contribution in [3.8, 4) is 11.5 Å². The van der Waals surface area contributed by atoms with Gasteiger partial charge in [0.15, 0.2) is 0 Å². The molecule has 102 valence electrons. The van der Waals surface area contributed by atoms with Gasteiger partial charge < -0.3 is 14.9 Å². The summed E-state index contributed by atoms with van der Waals surface area (Å²) >= 11 is 0. The first-order valence-electron chi connectivity index (χ1n) is 6.52. The Morgan fingerprint density at radius 3 is 3.00 bits per heavy atom. The lowest BCUT2D eigenvalue weighted by Crippen LogP contribution is -2.41. The number of hydrogen-bond acceptors (Lipinski definition) is 4. The molecule has 2 heterocycles. The maximum absolute atomic E-state index is 11.4. The molecule has 0 radical (unpaired) electrons. The maximum Gasteiger partial charge on any atom is 0.321 e. The Labute approximate surface area is 111 Å². The predicted octanol–water partition coefficient (Wildman–Crippen LogP) is 1.62. The highest BCUT2D eigenvalue weighted by atomic mass is 16.5. The molecule has 1 aromatic carbocycles. The summed E-state index contributed by atoms with van der Waals surface area (Å²) < 4.78 is 5.57. The third-order valence-electron chi connectivity index (χ3n) is 4.15. The molecule has 3 unspecified atom stereocenters. The minimum atomic E-state index is -0.766. The summed E-state index contributed by atoms with van der Waals surface area (Å²) in [6.07, 6.45) is 0.890. The van der Waals surface area contributed by atoms with Crippen LogP contribution in [0, 0.1) is 5.92 Å². The van der Waals surface area contributed by atoms with Crippen molar-refractivity contribution < 1.29 is 19.7 Å². The Bertz CT molecular complexity index is 516. The van der Waals surface area contributed by atoms with Crippen LogP contribution in [0.5, 0.6) is 11.5 Å². The third-order valence-corrected chi connectivity index (χ3v) is 4.15. The van der Waals surface area contributed by atoms with E-state index in [1.165, 1.54) is 0 Å². The second-order valence-electron chi connectivity index (χ2n) is 5.34. The number of likely N-dealkylation sites (tertiary alicyclic amines) is 1. The summed E-state index contributed by atoms with van der Waals surface area (Å²) in [5, 5.41) is 18.8. The van der Waals surface area contributed by atoms with E-state index in [1.807, 2.05) is 17.9 Å². The average Bonchev–Trinajstić information content (AvgIpc) is 2.91. The summed E-state index contributed by atoms with van der Waals surface area (Å²) in [4.78, 5) is 13.4. The molecule has 2 aliphatic rings. The van der Waals surface area contributed by atoms with Crippen LogP contribution < -0.4 is 4.74 Å². The van der Waals surface area contributed by atoms with Crippen molar-refractivity contribution in [1.82, 2.24) is 4.90 Å². The zero-order chi connectivity index (χ0) is 13.6. The second-order valence-corrected chi connectivity index (χ2v) is 5.34. The van der Waals surface area contributed by atoms with E-state index in [4.69, 9.17) is 4.74 Å². The van der Waals surface area contributed by atoms with Crippen LogP contribution in [0.25, 0.3) is 0 Å². The molecule has 0 aliphatic carbocycles. The Morgan fingerprint density at radius 1 is 1.47 bits per heavy atom. The standard InChI is InChI=1S/C14H17NO4/c1-8-4-5-15(13(8)14(17)18)11-7-19-12-6-9(16)2-3-10(11)12/h2-3,6,8,11,13,16H,4-5,7H2,1H3,(H,17,18). The fourth-order valence-corrected chi connectivity index (χ4v) is 3.17. The number of hydrogen-bond donors (Lipinski definition) is 2. The van der Waals surface area contributed by atoms with Crippen LogP contribution in [0.4, 0.5) is 0 Å². The van der Waals surface area contributed by atoms with Crippen LogP contribution in [-0.4, -0.2) is 40.3 Å². The van der Waals surface area contributed by atoms with Gasteiger partial charge in [0.1, 0.15) is 24.1 Å². The first-order valence-corrected chi connectivity index (χ1v) is 6.52. The number of rotatable bonds is 2. The van der Waals surface area contributed by atoms with Crippen LogP contribution in [0.1, 0.15) is 24.9 Å². The molecule has 0 spiro atoms. The van der Waals surface area contributed by atoms with Crippen molar-refractivity contribution >= 4 is 5.97 Å². The number of nitrogens with zero attached hydrogens (tertiary/aromatic N) is 1. The summed E-state index contributed by atoms with van der Waals surface area (Å²) in [7, 11) is 0. The van der Waals surface area contributed by atoms with Gasteiger partial charge in [-0.2, -0.15) is 0 Å². The van der Waals surface area contributed by atoms with Crippen molar-refractivity contribution in [2.45, 2.75) is 25.4 Å². The number of aromatic hydroxyl groups is 1.